The number of fused-ring (bicyclic) bond motifs is 1. The summed E-state index contributed by atoms with van der Waals surface area (Å²) in [5, 5.41) is 8.93. The lowest BCUT2D eigenvalue weighted by Gasteiger charge is -2.08. The fourth-order valence-corrected chi connectivity index (χ4v) is 2.19. The lowest BCUT2D eigenvalue weighted by atomic mass is 10.3. The molecule has 4 nitrogen and oxygen atoms in total. The number of nitrogens with zero attached hydrogens (tertiary/aromatic N) is 2. The van der Waals surface area contributed by atoms with Crippen LogP contribution >= 0.6 is 11.6 Å². The van der Waals surface area contributed by atoms with E-state index in [1.54, 1.807) is 0 Å². The molecule has 1 heterocycles. The maximum Gasteiger partial charge on any atom is 0.127 e. The van der Waals surface area contributed by atoms with Crippen LogP contribution in [0.2, 0.25) is 0 Å². The molecule has 0 spiro atoms. The summed E-state index contributed by atoms with van der Waals surface area (Å²) in [5.74, 6) is 1.57. The number of ether oxygens (including phenoxy) is 1. The second kappa shape index (κ2) is 5.59. The van der Waals surface area contributed by atoms with Crippen molar-refractivity contribution in [3.05, 3.63) is 24.0 Å². The SMILES string of the molecule is CCOc1ccc2c(c1)nc(C(C)Cl)n2CCO. The van der Waals surface area contributed by atoms with E-state index in [1.807, 2.05) is 36.6 Å². The van der Waals surface area contributed by atoms with E-state index in [9.17, 15) is 0 Å². The molecule has 2 rings (SSSR count). The average Bonchev–Trinajstić information content (AvgIpc) is 2.69. The minimum absolute atomic E-state index is 0.0648. The molecular weight excluding hydrogens is 252 g/mol. The zero-order valence-corrected chi connectivity index (χ0v) is 11.3. The van der Waals surface area contributed by atoms with Crippen LogP contribution in [0.3, 0.4) is 0 Å². The zero-order chi connectivity index (χ0) is 13.1. The van der Waals surface area contributed by atoms with E-state index in [0.29, 0.717) is 13.2 Å². The van der Waals surface area contributed by atoms with Crippen molar-refractivity contribution in [3.63, 3.8) is 0 Å². The van der Waals surface area contributed by atoms with Crippen molar-refractivity contribution in [1.82, 2.24) is 9.55 Å². The highest BCUT2D eigenvalue weighted by Gasteiger charge is 2.14. The van der Waals surface area contributed by atoms with Crippen molar-refractivity contribution in [2.75, 3.05) is 13.2 Å². The van der Waals surface area contributed by atoms with Crippen LogP contribution in [0.4, 0.5) is 0 Å². The molecule has 0 amide bonds. The van der Waals surface area contributed by atoms with Crippen molar-refractivity contribution in [1.29, 1.82) is 0 Å². The van der Waals surface area contributed by atoms with Gasteiger partial charge in [-0.2, -0.15) is 0 Å². The van der Waals surface area contributed by atoms with Crippen LogP contribution in [-0.2, 0) is 6.54 Å². The molecule has 1 aromatic heterocycles. The van der Waals surface area contributed by atoms with E-state index < -0.39 is 0 Å². The summed E-state index contributed by atoms with van der Waals surface area (Å²) in [6.07, 6.45) is 0. The summed E-state index contributed by atoms with van der Waals surface area (Å²) in [6.45, 7) is 5.01. The van der Waals surface area contributed by atoms with Gasteiger partial charge in [-0.1, -0.05) is 0 Å². The second-order valence-corrected chi connectivity index (χ2v) is 4.70. The molecule has 0 saturated heterocycles. The summed E-state index contributed by atoms with van der Waals surface area (Å²) in [4.78, 5) is 4.51. The molecule has 0 saturated carbocycles. The molecule has 0 fully saturated rings. The Hall–Kier alpha value is -1.26. The molecule has 0 radical (unpaired) electrons. The molecule has 1 unspecified atom stereocenters. The fourth-order valence-electron chi connectivity index (χ4n) is 2.02. The van der Waals surface area contributed by atoms with Gasteiger partial charge >= 0.3 is 0 Å². The predicted octanol–water partition coefficient (Wildman–Crippen LogP) is 2.73. The number of aromatic nitrogens is 2. The quantitative estimate of drug-likeness (QED) is 0.848. The van der Waals surface area contributed by atoms with Crippen molar-refractivity contribution in [2.24, 2.45) is 0 Å². The number of hydrogen-bond acceptors (Lipinski definition) is 3. The standard InChI is InChI=1S/C13H17ClN2O2/c1-3-18-10-4-5-12-11(8-10)15-13(9(2)14)16(12)6-7-17/h4-5,8-9,17H,3,6-7H2,1-2H3. The fraction of sp³-hybridized carbons (Fsp3) is 0.462. The Labute approximate surface area is 111 Å². The summed E-state index contributed by atoms with van der Waals surface area (Å²) >= 11 is 6.12. The van der Waals surface area contributed by atoms with Crippen LogP contribution < -0.4 is 4.74 Å². The summed E-state index contributed by atoms with van der Waals surface area (Å²) < 4.78 is 7.40. The molecule has 2 aromatic rings. The molecule has 18 heavy (non-hydrogen) atoms. The van der Waals surface area contributed by atoms with Gasteiger partial charge in [-0.3, -0.25) is 0 Å². The van der Waals surface area contributed by atoms with Gasteiger partial charge in [-0.15, -0.1) is 11.6 Å². The number of imidazole rings is 1. The second-order valence-electron chi connectivity index (χ2n) is 4.04. The molecule has 1 N–H and O–H groups in total. The minimum Gasteiger partial charge on any atom is -0.494 e. The molecule has 0 aliphatic rings. The monoisotopic (exact) mass is 268 g/mol. The maximum atomic E-state index is 9.13. The Bertz CT molecular complexity index is 537. The predicted molar refractivity (Wildman–Crippen MR) is 72.3 cm³/mol. The van der Waals surface area contributed by atoms with E-state index in [1.165, 1.54) is 0 Å². The van der Waals surface area contributed by atoms with E-state index >= 15 is 0 Å². The van der Waals surface area contributed by atoms with Gasteiger partial charge < -0.3 is 14.4 Å². The van der Waals surface area contributed by atoms with Crippen molar-refractivity contribution in [3.8, 4) is 5.75 Å². The Morgan fingerprint density at radius 3 is 2.89 bits per heavy atom. The van der Waals surface area contributed by atoms with E-state index in [2.05, 4.69) is 4.98 Å². The molecule has 98 valence electrons. The highest BCUT2D eigenvalue weighted by Crippen LogP contribution is 2.27. The topological polar surface area (TPSA) is 47.3 Å². The van der Waals surface area contributed by atoms with Crippen LogP contribution in [0.1, 0.15) is 25.0 Å². The average molecular weight is 269 g/mol. The lowest BCUT2D eigenvalue weighted by Crippen LogP contribution is -2.07. The number of aliphatic hydroxyl groups is 1. The molecule has 0 aliphatic carbocycles. The normalized spacial score (nSPS) is 12.9. The third-order valence-corrected chi connectivity index (χ3v) is 2.93. The lowest BCUT2D eigenvalue weighted by molar-refractivity contribution is 0.276. The Morgan fingerprint density at radius 2 is 2.28 bits per heavy atom. The van der Waals surface area contributed by atoms with E-state index in [-0.39, 0.29) is 12.0 Å². The molecule has 1 atom stereocenters. The Balaban J connectivity index is 2.53. The van der Waals surface area contributed by atoms with Crippen molar-refractivity contribution in [2.45, 2.75) is 25.8 Å². The molecule has 1 aromatic carbocycles. The first-order chi connectivity index (χ1) is 8.67. The first-order valence-electron chi connectivity index (χ1n) is 6.05. The number of hydrogen-bond donors (Lipinski definition) is 1. The van der Waals surface area contributed by atoms with Gasteiger partial charge in [0.2, 0.25) is 0 Å². The number of rotatable bonds is 5. The summed E-state index contributed by atoms with van der Waals surface area (Å²) in [6, 6.07) is 5.76. The van der Waals surface area contributed by atoms with E-state index in [4.69, 9.17) is 21.4 Å². The Kier molecular flexibility index (Phi) is 4.09. The van der Waals surface area contributed by atoms with Crippen LogP contribution in [0.25, 0.3) is 11.0 Å². The third kappa shape index (κ3) is 2.44. The van der Waals surface area contributed by atoms with Crippen LogP contribution in [0.15, 0.2) is 18.2 Å². The van der Waals surface area contributed by atoms with Gasteiger partial charge in [0.25, 0.3) is 0 Å². The first-order valence-corrected chi connectivity index (χ1v) is 6.49. The van der Waals surface area contributed by atoms with Gasteiger partial charge in [0.05, 0.1) is 29.6 Å². The minimum atomic E-state index is -0.195. The number of benzene rings is 1. The number of aliphatic hydroxyl groups excluding tert-OH is 1. The van der Waals surface area contributed by atoms with Crippen LogP contribution in [0.5, 0.6) is 5.75 Å². The largest absolute Gasteiger partial charge is 0.494 e. The first kappa shape index (κ1) is 13.2. The molecular formula is C13H17ClN2O2. The van der Waals surface area contributed by atoms with Crippen molar-refractivity contribution < 1.29 is 9.84 Å². The van der Waals surface area contributed by atoms with Crippen LogP contribution in [0, 0.1) is 0 Å². The highest BCUT2D eigenvalue weighted by atomic mass is 35.5. The van der Waals surface area contributed by atoms with Gasteiger partial charge in [-0.25, -0.2) is 4.98 Å². The van der Waals surface area contributed by atoms with Gasteiger partial charge in [0.1, 0.15) is 11.6 Å². The summed E-state index contributed by atoms with van der Waals surface area (Å²) in [7, 11) is 0. The smallest absolute Gasteiger partial charge is 0.127 e. The van der Waals surface area contributed by atoms with Gasteiger partial charge in [-0.05, 0) is 26.0 Å². The van der Waals surface area contributed by atoms with Crippen LogP contribution in [-0.4, -0.2) is 27.9 Å². The molecule has 5 heteroatoms. The maximum absolute atomic E-state index is 9.13. The third-order valence-electron chi connectivity index (χ3n) is 2.74. The number of halogens is 1. The summed E-state index contributed by atoms with van der Waals surface area (Å²) in [5.41, 5.74) is 1.81. The Morgan fingerprint density at radius 1 is 1.50 bits per heavy atom. The molecule has 0 bridgehead atoms. The number of alkyl halides is 1. The van der Waals surface area contributed by atoms with Gasteiger partial charge in [0, 0.05) is 12.6 Å². The van der Waals surface area contributed by atoms with Crippen molar-refractivity contribution >= 4 is 22.6 Å². The molecule has 0 aliphatic heterocycles. The zero-order valence-electron chi connectivity index (χ0n) is 10.6. The highest BCUT2D eigenvalue weighted by molar-refractivity contribution is 6.20. The van der Waals surface area contributed by atoms with E-state index in [0.717, 1.165) is 22.6 Å². The van der Waals surface area contributed by atoms with Gasteiger partial charge in [0.15, 0.2) is 0 Å².